The van der Waals surface area contributed by atoms with Gasteiger partial charge in [0.15, 0.2) is 6.61 Å². The molecular weight excluding hydrogens is 325 g/mol. The maximum absolute atomic E-state index is 11.5. The van der Waals surface area contributed by atoms with Gasteiger partial charge in [-0.15, -0.1) is 0 Å². The first-order valence-electron chi connectivity index (χ1n) is 7.09. The van der Waals surface area contributed by atoms with Crippen LogP contribution in [0.5, 0.6) is 0 Å². The largest absolute Gasteiger partial charge is 0.452 e. The molecule has 0 aromatic heterocycles. The average Bonchev–Trinajstić information content (AvgIpc) is 2.48. The number of esters is 1. The van der Waals surface area contributed by atoms with Gasteiger partial charge in [0.2, 0.25) is 0 Å². The number of ether oxygens (including phenoxy) is 1. The molecule has 1 rings (SSSR count). The van der Waals surface area contributed by atoms with Crippen LogP contribution in [0.3, 0.4) is 0 Å². The molecule has 0 bridgehead atoms. The van der Waals surface area contributed by atoms with E-state index in [1.54, 1.807) is 18.2 Å². The lowest BCUT2D eigenvalue weighted by Gasteiger charge is -2.04. The topological polar surface area (TPSA) is 55.4 Å². The minimum Gasteiger partial charge on any atom is -0.452 e. The fourth-order valence-electron chi connectivity index (χ4n) is 1.63. The molecule has 1 amide bonds. The number of carbonyl (C=O) groups excluding carboxylic acids is 2. The molecule has 0 unspecified atom stereocenters. The molecule has 1 aromatic carbocycles. The number of hydrogen-bond acceptors (Lipinski definition) is 3. The zero-order chi connectivity index (χ0) is 16.4. The van der Waals surface area contributed by atoms with Crippen molar-refractivity contribution in [3.05, 3.63) is 39.9 Å². The molecule has 0 spiro atoms. The third-order valence-corrected chi connectivity index (χ3v) is 3.37. The van der Waals surface area contributed by atoms with E-state index in [2.05, 4.69) is 12.2 Å². The van der Waals surface area contributed by atoms with Crippen molar-refractivity contribution in [2.75, 3.05) is 13.2 Å². The van der Waals surface area contributed by atoms with E-state index in [0.717, 1.165) is 19.3 Å². The van der Waals surface area contributed by atoms with Crippen LogP contribution in [0.1, 0.15) is 31.7 Å². The van der Waals surface area contributed by atoms with Gasteiger partial charge in [-0.25, -0.2) is 4.79 Å². The summed E-state index contributed by atoms with van der Waals surface area (Å²) >= 11 is 11.8. The normalized spacial score (nSPS) is 10.7. The van der Waals surface area contributed by atoms with Gasteiger partial charge in [0.05, 0.1) is 0 Å². The highest BCUT2D eigenvalue weighted by molar-refractivity contribution is 6.35. The van der Waals surface area contributed by atoms with E-state index in [1.165, 1.54) is 12.2 Å². The maximum atomic E-state index is 11.5. The molecule has 0 aliphatic heterocycles. The second-order valence-electron chi connectivity index (χ2n) is 4.66. The molecule has 0 aliphatic rings. The molecule has 22 heavy (non-hydrogen) atoms. The van der Waals surface area contributed by atoms with Crippen LogP contribution in [0.25, 0.3) is 6.08 Å². The van der Waals surface area contributed by atoms with Crippen LogP contribution in [0.15, 0.2) is 24.3 Å². The van der Waals surface area contributed by atoms with E-state index >= 15 is 0 Å². The second kappa shape index (κ2) is 10.2. The van der Waals surface area contributed by atoms with E-state index in [1.807, 2.05) is 0 Å². The molecular formula is C16H19Cl2NO3. The SMILES string of the molecule is CCCCCNC(=O)COC(=O)/C=C/c1ccc(Cl)cc1Cl. The van der Waals surface area contributed by atoms with Gasteiger partial charge in [0, 0.05) is 22.7 Å². The number of hydrogen-bond donors (Lipinski definition) is 1. The second-order valence-corrected chi connectivity index (χ2v) is 5.51. The Hall–Kier alpha value is -1.52. The first kappa shape index (κ1) is 18.5. The van der Waals surface area contributed by atoms with Crippen LogP contribution in [0.4, 0.5) is 0 Å². The van der Waals surface area contributed by atoms with Crippen LogP contribution in [0, 0.1) is 0 Å². The van der Waals surface area contributed by atoms with Crippen LogP contribution in [0.2, 0.25) is 10.0 Å². The number of amides is 1. The molecule has 0 aliphatic carbocycles. The van der Waals surface area contributed by atoms with Gasteiger partial charge in [0.25, 0.3) is 5.91 Å². The highest BCUT2D eigenvalue weighted by atomic mass is 35.5. The predicted molar refractivity (Wildman–Crippen MR) is 89.0 cm³/mol. The monoisotopic (exact) mass is 343 g/mol. The molecule has 0 heterocycles. The van der Waals surface area contributed by atoms with Crippen molar-refractivity contribution in [2.45, 2.75) is 26.2 Å². The molecule has 0 fully saturated rings. The van der Waals surface area contributed by atoms with Gasteiger partial charge in [-0.3, -0.25) is 4.79 Å². The molecule has 1 aromatic rings. The maximum Gasteiger partial charge on any atom is 0.331 e. The third kappa shape index (κ3) is 7.48. The van der Waals surface area contributed by atoms with Gasteiger partial charge in [-0.05, 0) is 30.2 Å². The lowest BCUT2D eigenvalue weighted by atomic mass is 10.2. The van der Waals surface area contributed by atoms with Crippen molar-refractivity contribution in [2.24, 2.45) is 0 Å². The summed E-state index contributed by atoms with van der Waals surface area (Å²) in [5, 5.41) is 3.64. The number of carbonyl (C=O) groups is 2. The van der Waals surface area contributed by atoms with Gasteiger partial charge < -0.3 is 10.1 Å². The molecule has 1 N–H and O–H groups in total. The summed E-state index contributed by atoms with van der Waals surface area (Å²) in [6.07, 6.45) is 5.80. The van der Waals surface area contributed by atoms with Gasteiger partial charge in [0.1, 0.15) is 0 Å². The van der Waals surface area contributed by atoms with E-state index < -0.39 is 5.97 Å². The fraction of sp³-hybridized carbons (Fsp3) is 0.375. The Balaban J connectivity index is 2.33. The summed E-state index contributed by atoms with van der Waals surface area (Å²) in [6, 6.07) is 4.94. The Labute approximate surface area is 140 Å². The highest BCUT2D eigenvalue weighted by Crippen LogP contribution is 2.21. The zero-order valence-electron chi connectivity index (χ0n) is 12.4. The smallest absolute Gasteiger partial charge is 0.331 e. The van der Waals surface area contributed by atoms with E-state index in [-0.39, 0.29) is 12.5 Å². The van der Waals surface area contributed by atoms with Crippen LogP contribution >= 0.6 is 23.2 Å². The first-order valence-corrected chi connectivity index (χ1v) is 7.85. The number of unbranched alkanes of at least 4 members (excludes halogenated alkanes) is 2. The van der Waals surface area contributed by atoms with Crippen LogP contribution in [-0.2, 0) is 14.3 Å². The van der Waals surface area contributed by atoms with Crippen molar-refractivity contribution in [3.8, 4) is 0 Å². The van der Waals surface area contributed by atoms with Crippen molar-refractivity contribution in [1.82, 2.24) is 5.32 Å². The molecule has 0 saturated carbocycles. The highest BCUT2D eigenvalue weighted by Gasteiger charge is 2.05. The summed E-state index contributed by atoms with van der Waals surface area (Å²) in [6.45, 7) is 2.40. The van der Waals surface area contributed by atoms with Crippen molar-refractivity contribution >= 4 is 41.2 Å². The third-order valence-electron chi connectivity index (χ3n) is 2.81. The summed E-state index contributed by atoms with van der Waals surface area (Å²) in [5.41, 5.74) is 0.645. The quantitative estimate of drug-likeness (QED) is 0.443. The summed E-state index contributed by atoms with van der Waals surface area (Å²) < 4.78 is 4.84. The van der Waals surface area contributed by atoms with Crippen molar-refractivity contribution in [1.29, 1.82) is 0 Å². The first-order chi connectivity index (χ1) is 10.5. The van der Waals surface area contributed by atoms with Crippen LogP contribution in [-0.4, -0.2) is 25.0 Å². The fourth-order valence-corrected chi connectivity index (χ4v) is 2.10. The molecule has 0 saturated heterocycles. The Morgan fingerprint density at radius 3 is 2.73 bits per heavy atom. The molecule has 120 valence electrons. The Kier molecular flexibility index (Phi) is 8.63. The number of nitrogens with one attached hydrogen (secondary N) is 1. The Morgan fingerprint density at radius 1 is 1.27 bits per heavy atom. The van der Waals surface area contributed by atoms with Gasteiger partial charge in [-0.1, -0.05) is 49.0 Å². The Morgan fingerprint density at radius 2 is 2.05 bits per heavy atom. The summed E-state index contributed by atoms with van der Waals surface area (Å²) in [7, 11) is 0. The predicted octanol–water partition coefficient (Wildman–Crippen LogP) is 3.86. The lowest BCUT2D eigenvalue weighted by Crippen LogP contribution is -2.29. The standard InChI is InChI=1S/C16H19Cl2NO3/c1-2-3-4-9-19-15(20)11-22-16(21)8-6-12-5-7-13(17)10-14(12)18/h5-8,10H,2-4,9,11H2,1H3,(H,19,20)/b8-6+. The number of halogens is 2. The molecule has 0 atom stereocenters. The average molecular weight is 344 g/mol. The van der Waals surface area contributed by atoms with E-state index in [0.29, 0.717) is 22.2 Å². The van der Waals surface area contributed by atoms with Crippen LogP contribution < -0.4 is 5.32 Å². The molecule has 0 radical (unpaired) electrons. The minimum atomic E-state index is -0.602. The summed E-state index contributed by atoms with van der Waals surface area (Å²) in [5.74, 6) is -0.905. The molecule has 4 nitrogen and oxygen atoms in total. The van der Waals surface area contributed by atoms with E-state index in [9.17, 15) is 9.59 Å². The van der Waals surface area contributed by atoms with Gasteiger partial charge >= 0.3 is 5.97 Å². The lowest BCUT2D eigenvalue weighted by molar-refractivity contribution is -0.143. The number of rotatable bonds is 8. The number of benzene rings is 1. The zero-order valence-corrected chi connectivity index (χ0v) is 13.9. The summed E-state index contributed by atoms with van der Waals surface area (Å²) in [4.78, 5) is 22.9. The van der Waals surface area contributed by atoms with E-state index in [4.69, 9.17) is 27.9 Å². The van der Waals surface area contributed by atoms with Crippen molar-refractivity contribution < 1.29 is 14.3 Å². The minimum absolute atomic E-state index is 0.288. The molecule has 6 heteroatoms. The Bertz CT molecular complexity index is 544. The van der Waals surface area contributed by atoms with Gasteiger partial charge in [-0.2, -0.15) is 0 Å². The van der Waals surface area contributed by atoms with Crippen molar-refractivity contribution in [3.63, 3.8) is 0 Å².